The van der Waals surface area contributed by atoms with Crippen molar-refractivity contribution < 1.29 is 14.6 Å². The van der Waals surface area contributed by atoms with Crippen LogP contribution in [0.5, 0.6) is 5.75 Å². The quantitative estimate of drug-likeness (QED) is 0.907. The smallest absolute Gasteiger partial charge is 0.253 e. The molecule has 0 heterocycles. The molecule has 0 unspecified atom stereocenters. The van der Waals surface area contributed by atoms with Gasteiger partial charge in [-0.3, -0.25) is 4.79 Å². The fourth-order valence-electron chi connectivity index (χ4n) is 3.23. The van der Waals surface area contributed by atoms with Crippen molar-refractivity contribution in [2.75, 3.05) is 27.3 Å². The van der Waals surface area contributed by atoms with Crippen LogP contribution in [-0.2, 0) is 0 Å². The number of amides is 1. The number of hydrogen-bond donors (Lipinski definition) is 1. The summed E-state index contributed by atoms with van der Waals surface area (Å²) < 4.78 is 5.34. The van der Waals surface area contributed by atoms with Crippen molar-refractivity contribution in [2.45, 2.75) is 33.1 Å². The lowest BCUT2D eigenvalue weighted by Crippen LogP contribution is -2.45. The van der Waals surface area contributed by atoms with Gasteiger partial charge in [-0.25, -0.2) is 0 Å². The van der Waals surface area contributed by atoms with Crippen molar-refractivity contribution in [3.8, 4) is 5.75 Å². The number of methoxy groups -OCH3 is 1. The van der Waals surface area contributed by atoms with Crippen LogP contribution in [0.4, 0.5) is 0 Å². The van der Waals surface area contributed by atoms with Crippen LogP contribution in [-0.4, -0.2) is 43.2 Å². The van der Waals surface area contributed by atoms with Crippen LogP contribution in [0.15, 0.2) is 12.1 Å². The van der Waals surface area contributed by atoms with Crippen LogP contribution in [0.25, 0.3) is 0 Å². The number of carbonyl (C=O) groups excluding carboxylic acids is 1. The first-order valence-electron chi connectivity index (χ1n) is 7.44. The third-order valence-corrected chi connectivity index (χ3v) is 4.58. The van der Waals surface area contributed by atoms with Gasteiger partial charge >= 0.3 is 0 Å². The first-order chi connectivity index (χ1) is 9.92. The molecule has 21 heavy (non-hydrogen) atoms. The molecular weight excluding hydrogens is 266 g/mol. The highest BCUT2D eigenvalue weighted by Crippen LogP contribution is 2.41. The molecule has 1 aliphatic carbocycles. The lowest BCUT2D eigenvalue weighted by Gasteiger charge is -2.42. The second kappa shape index (κ2) is 6.06. The molecule has 0 bridgehead atoms. The monoisotopic (exact) mass is 291 g/mol. The Morgan fingerprint density at radius 1 is 1.33 bits per heavy atom. The molecule has 1 N–H and O–H groups in total. The molecule has 1 aromatic carbocycles. The molecule has 1 amide bonds. The number of aliphatic hydroxyl groups is 1. The Hall–Kier alpha value is -1.55. The average Bonchev–Trinajstić information content (AvgIpc) is 2.41. The van der Waals surface area contributed by atoms with Gasteiger partial charge in [0.05, 0.1) is 13.7 Å². The maximum atomic E-state index is 12.6. The van der Waals surface area contributed by atoms with Crippen molar-refractivity contribution in [1.82, 2.24) is 4.90 Å². The van der Waals surface area contributed by atoms with Crippen LogP contribution in [0.3, 0.4) is 0 Å². The SMILES string of the molecule is COc1c(C)cc(C(=O)N(C)CC2(CO)CCC2)cc1C. The van der Waals surface area contributed by atoms with Gasteiger partial charge in [-0.05, 0) is 49.9 Å². The Morgan fingerprint density at radius 2 is 1.90 bits per heavy atom. The lowest BCUT2D eigenvalue weighted by molar-refractivity contribution is 0.0146. The minimum absolute atomic E-state index is 0.00331. The first-order valence-corrected chi connectivity index (χ1v) is 7.44. The molecular formula is C17H25NO3. The van der Waals surface area contributed by atoms with Crippen molar-refractivity contribution in [3.05, 3.63) is 28.8 Å². The second-order valence-corrected chi connectivity index (χ2v) is 6.32. The van der Waals surface area contributed by atoms with Crippen molar-refractivity contribution in [3.63, 3.8) is 0 Å². The van der Waals surface area contributed by atoms with Crippen LogP contribution >= 0.6 is 0 Å². The fraction of sp³-hybridized carbons (Fsp3) is 0.588. The van der Waals surface area contributed by atoms with Gasteiger partial charge in [0.1, 0.15) is 5.75 Å². The van der Waals surface area contributed by atoms with Crippen molar-refractivity contribution >= 4 is 5.91 Å². The van der Waals surface area contributed by atoms with E-state index in [0.717, 1.165) is 36.1 Å². The molecule has 4 heteroatoms. The van der Waals surface area contributed by atoms with Gasteiger partial charge in [0.15, 0.2) is 0 Å². The summed E-state index contributed by atoms with van der Waals surface area (Å²) in [4.78, 5) is 14.3. The van der Waals surface area contributed by atoms with Crippen molar-refractivity contribution in [2.24, 2.45) is 5.41 Å². The summed E-state index contributed by atoms with van der Waals surface area (Å²) in [6, 6.07) is 3.74. The van der Waals surface area contributed by atoms with E-state index in [1.807, 2.05) is 33.0 Å². The normalized spacial score (nSPS) is 16.2. The van der Waals surface area contributed by atoms with Gasteiger partial charge in [-0.1, -0.05) is 6.42 Å². The van der Waals surface area contributed by atoms with Gasteiger partial charge < -0.3 is 14.7 Å². The maximum absolute atomic E-state index is 12.6. The zero-order valence-corrected chi connectivity index (χ0v) is 13.4. The molecule has 0 saturated heterocycles. The molecule has 0 aliphatic heterocycles. The highest BCUT2D eigenvalue weighted by molar-refractivity contribution is 5.94. The molecule has 2 rings (SSSR count). The summed E-state index contributed by atoms with van der Waals surface area (Å²) >= 11 is 0. The number of rotatable bonds is 5. The summed E-state index contributed by atoms with van der Waals surface area (Å²) in [5.41, 5.74) is 2.53. The Kier molecular flexibility index (Phi) is 4.57. The average molecular weight is 291 g/mol. The van der Waals surface area contributed by atoms with E-state index >= 15 is 0 Å². The zero-order valence-electron chi connectivity index (χ0n) is 13.4. The van der Waals surface area contributed by atoms with E-state index in [0.29, 0.717) is 12.1 Å². The minimum atomic E-state index is -0.0824. The number of aliphatic hydroxyl groups excluding tert-OH is 1. The van der Waals surface area contributed by atoms with Crippen LogP contribution in [0.1, 0.15) is 40.7 Å². The van der Waals surface area contributed by atoms with E-state index < -0.39 is 0 Å². The molecule has 1 aromatic rings. The Balaban J connectivity index is 2.16. The molecule has 1 saturated carbocycles. The summed E-state index contributed by atoms with van der Waals surface area (Å²) in [7, 11) is 3.46. The lowest BCUT2D eigenvalue weighted by atomic mass is 9.69. The highest BCUT2D eigenvalue weighted by Gasteiger charge is 2.38. The molecule has 116 valence electrons. The molecule has 0 atom stereocenters. The molecule has 1 aliphatic rings. The third kappa shape index (κ3) is 3.05. The Bertz CT molecular complexity index is 506. The fourth-order valence-corrected chi connectivity index (χ4v) is 3.23. The van der Waals surface area contributed by atoms with E-state index in [1.54, 1.807) is 12.0 Å². The predicted molar refractivity (Wildman–Crippen MR) is 82.8 cm³/mol. The molecule has 4 nitrogen and oxygen atoms in total. The number of carbonyl (C=O) groups is 1. The van der Waals surface area contributed by atoms with E-state index in [2.05, 4.69) is 0 Å². The largest absolute Gasteiger partial charge is 0.496 e. The van der Waals surface area contributed by atoms with Crippen molar-refractivity contribution in [1.29, 1.82) is 0 Å². The van der Waals surface area contributed by atoms with E-state index in [-0.39, 0.29) is 17.9 Å². The number of hydrogen-bond acceptors (Lipinski definition) is 3. The standard InChI is InChI=1S/C17H25NO3/c1-12-8-14(9-13(2)15(12)21-4)16(20)18(3)10-17(11-19)6-5-7-17/h8-9,19H,5-7,10-11H2,1-4H3. The zero-order chi connectivity index (χ0) is 15.6. The van der Waals surface area contributed by atoms with Crippen LogP contribution in [0, 0.1) is 19.3 Å². The van der Waals surface area contributed by atoms with Crippen LogP contribution in [0.2, 0.25) is 0 Å². The van der Waals surface area contributed by atoms with Gasteiger partial charge in [0.2, 0.25) is 0 Å². The summed E-state index contributed by atoms with van der Waals surface area (Å²) in [5.74, 6) is 0.837. The van der Waals surface area contributed by atoms with E-state index in [9.17, 15) is 9.90 Å². The number of benzene rings is 1. The topological polar surface area (TPSA) is 49.8 Å². The first kappa shape index (κ1) is 15.8. The van der Waals surface area contributed by atoms with Gasteiger partial charge in [-0.15, -0.1) is 0 Å². The summed E-state index contributed by atoms with van der Waals surface area (Å²) in [6.07, 6.45) is 3.15. The predicted octanol–water partition coefficient (Wildman–Crippen LogP) is 2.55. The number of nitrogens with zero attached hydrogens (tertiary/aromatic N) is 1. The molecule has 0 radical (unpaired) electrons. The van der Waals surface area contributed by atoms with E-state index in [1.165, 1.54) is 0 Å². The molecule has 0 spiro atoms. The molecule has 0 aromatic heterocycles. The number of aryl methyl sites for hydroxylation is 2. The second-order valence-electron chi connectivity index (χ2n) is 6.32. The van der Waals surface area contributed by atoms with Gasteiger partial charge in [-0.2, -0.15) is 0 Å². The van der Waals surface area contributed by atoms with E-state index in [4.69, 9.17) is 4.74 Å². The third-order valence-electron chi connectivity index (χ3n) is 4.58. The van der Waals surface area contributed by atoms with Crippen LogP contribution < -0.4 is 4.74 Å². The summed E-state index contributed by atoms with van der Waals surface area (Å²) in [6.45, 7) is 4.67. The Morgan fingerprint density at radius 3 is 2.29 bits per heavy atom. The highest BCUT2D eigenvalue weighted by atomic mass is 16.5. The maximum Gasteiger partial charge on any atom is 0.253 e. The minimum Gasteiger partial charge on any atom is -0.496 e. The number of ether oxygens (including phenoxy) is 1. The molecule has 1 fully saturated rings. The van der Waals surface area contributed by atoms with Gasteiger partial charge in [0, 0.05) is 24.6 Å². The summed E-state index contributed by atoms with van der Waals surface area (Å²) in [5, 5.41) is 9.54. The Labute approximate surface area is 126 Å². The van der Waals surface area contributed by atoms with Gasteiger partial charge in [0.25, 0.3) is 5.91 Å².